The van der Waals surface area contributed by atoms with Crippen molar-refractivity contribution in [2.24, 2.45) is 0 Å². The number of aliphatic hydroxyl groups excluding tert-OH is 1. The fraction of sp³-hybridized carbons (Fsp3) is 0.536. The van der Waals surface area contributed by atoms with Crippen molar-refractivity contribution in [2.75, 3.05) is 11.4 Å². The summed E-state index contributed by atoms with van der Waals surface area (Å²) in [5.74, 6) is 0.0547. The van der Waals surface area contributed by atoms with E-state index in [-0.39, 0.29) is 41.1 Å². The van der Waals surface area contributed by atoms with Crippen molar-refractivity contribution < 1.29 is 19.4 Å². The van der Waals surface area contributed by atoms with Gasteiger partial charge >= 0.3 is 5.97 Å². The highest BCUT2D eigenvalue weighted by Gasteiger charge is 2.33. The Hall–Kier alpha value is -3.11. The van der Waals surface area contributed by atoms with E-state index >= 15 is 0 Å². The third-order valence-corrected chi connectivity index (χ3v) is 7.66. The number of ketones is 1. The number of Topliss-reactive ketones (excluding diaryl/α,β-unsaturated/α-hetero) is 1. The first kappa shape index (κ1) is 27.9. The van der Waals surface area contributed by atoms with E-state index in [4.69, 9.17) is 4.74 Å². The molecular formula is C28H36N4O5S. The lowest BCUT2D eigenvalue weighted by atomic mass is 10.0. The Kier molecular flexibility index (Phi) is 8.62. The molecule has 10 heteroatoms. The summed E-state index contributed by atoms with van der Waals surface area (Å²) in [6, 6.07) is 9.30. The van der Waals surface area contributed by atoms with E-state index in [0.717, 1.165) is 18.4 Å². The fourth-order valence-electron chi connectivity index (χ4n) is 4.87. The lowest BCUT2D eigenvalue weighted by Crippen LogP contribution is -2.36. The topological polar surface area (TPSA) is 115 Å². The molecule has 38 heavy (non-hydrogen) atoms. The summed E-state index contributed by atoms with van der Waals surface area (Å²) in [6.07, 6.45) is 3.26. The minimum absolute atomic E-state index is 0.136. The lowest BCUT2D eigenvalue weighted by molar-refractivity contribution is -0.155. The van der Waals surface area contributed by atoms with Gasteiger partial charge in [-0.05, 0) is 58.9 Å². The minimum atomic E-state index is -0.582. The molecule has 0 unspecified atom stereocenters. The summed E-state index contributed by atoms with van der Waals surface area (Å²) < 4.78 is 6.80. The third kappa shape index (κ3) is 6.47. The van der Waals surface area contributed by atoms with E-state index in [1.165, 1.54) is 15.9 Å². The van der Waals surface area contributed by atoms with Gasteiger partial charge in [-0.2, -0.15) is 0 Å². The van der Waals surface area contributed by atoms with Crippen molar-refractivity contribution >= 4 is 38.6 Å². The summed E-state index contributed by atoms with van der Waals surface area (Å²) in [6.45, 7) is 7.51. The average Bonchev–Trinajstić information content (AvgIpc) is 3.53. The van der Waals surface area contributed by atoms with Crippen molar-refractivity contribution in [3.05, 3.63) is 52.1 Å². The second kappa shape index (κ2) is 11.7. The molecule has 9 nitrogen and oxygen atoms in total. The SMILES string of the molecule is C[C@H](CCC(=O)OC(C)(C)C)n1c(CO)nc2sc(N3CCC[C@@H]3C(=O)CCc3ccccc3)nc2c1=O. The molecule has 2 aromatic heterocycles. The number of anilines is 1. The molecule has 1 aromatic carbocycles. The summed E-state index contributed by atoms with van der Waals surface area (Å²) in [7, 11) is 0. The van der Waals surface area contributed by atoms with Crippen LogP contribution in [0.3, 0.4) is 0 Å². The van der Waals surface area contributed by atoms with Gasteiger partial charge < -0.3 is 14.7 Å². The molecule has 1 fully saturated rings. The first-order valence-corrected chi connectivity index (χ1v) is 14.0. The number of hydrogen-bond donors (Lipinski definition) is 1. The van der Waals surface area contributed by atoms with Gasteiger partial charge in [-0.3, -0.25) is 19.0 Å². The zero-order valence-electron chi connectivity index (χ0n) is 22.5. The number of benzene rings is 1. The molecule has 3 heterocycles. The lowest BCUT2D eigenvalue weighted by Gasteiger charge is -2.22. The first-order chi connectivity index (χ1) is 18.1. The molecule has 1 N–H and O–H groups in total. The largest absolute Gasteiger partial charge is 0.460 e. The molecule has 0 aliphatic carbocycles. The molecule has 1 saturated heterocycles. The van der Waals surface area contributed by atoms with Gasteiger partial charge in [-0.15, -0.1) is 0 Å². The zero-order chi connectivity index (χ0) is 27.4. The Morgan fingerprint density at radius 1 is 1.18 bits per heavy atom. The van der Waals surface area contributed by atoms with Gasteiger partial charge in [0.25, 0.3) is 5.56 Å². The van der Waals surface area contributed by atoms with E-state index in [2.05, 4.69) is 9.97 Å². The van der Waals surface area contributed by atoms with Crippen molar-refractivity contribution in [3.63, 3.8) is 0 Å². The number of nitrogens with zero attached hydrogens (tertiary/aromatic N) is 4. The second-order valence-corrected chi connectivity index (χ2v) is 11.7. The maximum absolute atomic E-state index is 13.5. The van der Waals surface area contributed by atoms with Crippen molar-refractivity contribution in [1.82, 2.24) is 14.5 Å². The molecule has 0 saturated carbocycles. The Labute approximate surface area is 226 Å². The number of esters is 1. The molecule has 0 radical (unpaired) electrons. The molecule has 204 valence electrons. The van der Waals surface area contributed by atoms with Gasteiger partial charge in [0.05, 0.1) is 6.04 Å². The molecular weight excluding hydrogens is 504 g/mol. The number of carbonyl (C=O) groups excluding carboxylic acids is 2. The summed E-state index contributed by atoms with van der Waals surface area (Å²) >= 11 is 1.27. The third-order valence-electron chi connectivity index (χ3n) is 6.67. The maximum atomic E-state index is 13.5. The minimum Gasteiger partial charge on any atom is -0.460 e. The molecule has 4 rings (SSSR count). The summed E-state index contributed by atoms with van der Waals surface area (Å²) in [4.78, 5) is 50.4. The summed E-state index contributed by atoms with van der Waals surface area (Å²) in [5, 5.41) is 10.6. The average molecular weight is 541 g/mol. The molecule has 1 aliphatic heterocycles. The Morgan fingerprint density at radius 2 is 1.92 bits per heavy atom. The fourth-order valence-corrected chi connectivity index (χ4v) is 5.89. The quantitative estimate of drug-likeness (QED) is 0.381. The number of aliphatic hydroxyl groups is 1. The van der Waals surface area contributed by atoms with Crippen molar-refractivity contribution in [2.45, 2.75) is 90.5 Å². The van der Waals surface area contributed by atoms with Gasteiger partial charge in [0.2, 0.25) is 0 Å². The van der Waals surface area contributed by atoms with Crippen LogP contribution in [0.5, 0.6) is 0 Å². The smallest absolute Gasteiger partial charge is 0.306 e. The van der Waals surface area contributed by atoms with Crippen molar-refractivity contribution in [3.8, 4) is 0 Å². The Morgan fingerprint density at radius 3 is 2.61 bits per heavy atom. The number of thiazole rings is 1. The number of fused-ring (bicyclic) bond motifs is 1. The van der Waals surface area contributed by atoms with Crippen LogP contribution in [-0.4, -0.2) is 49.6 Å². The van der Waals surface area contributed by atoms with Crippen LogP contribution < -0.4 is 10.5 Å². The highest BCUT2D eigenvalue weighted by molar-refractivity contribution is 7.21. The molecule has 2 atom stereocenters. The van der Waals surface area contributed by atoms with E-state index in [9.17, 15) is 19.5 Å². The molecule has 0 amide bonds. The molecule has 0 bridgehead atoms. The molecule has 3 aromatic rings. The Bertz CT molecular complexity index is 1350. The van der Waals surface area contributed by atoms with E-state index in [0.29, 0.717) is 35.8 Å². The second-order valence-electron chi connectivity index (χ2n) is 10.8. The standard InChI is InChI=1S/C28H36N4O5S/c1-18(12-15-23(35)37-28(2,3)4)32-22(17-33)29-25-24(26(32)36)30-27(38-25)31-16-8-11-20(31)21(34)14-13-19-9-6-5-7-10-19/h5-7,9-10,18,20,33H,8,11-17H2,1-4H3/t18-,20-/m1/s1. The number of rotatable bonds is 10. The first-order valence-electron chi connectivity index (χ1n) is 13.2. The van der Waals surface area contributed by atoms with Crippen molar-refractivity contribution in [1.29, 1.82) is 0 Å². The van der Waals surface area contributed by atoms with Crippen LogP contribution in [0.2, 0.25) is 0 Å². The van der Waals surface area contributed by atoms with Crippen LogP contribution >= 0.6 is 11.3 Å². The highest BCUT2D eigenvalue weighted by atomic mass is 32.1. The van der Waals surface area contributed by atoms with E-state index < -0.39 is 18.2 Å². The molecule has 0 spiro atoms. The highest BCUT2D eigenvalue weighted by Crippen LogP contribution is 2.33. The number of aromatic nitrogens is 3. The normalized spacial score (nSPS) is 16.7. The van der Waals surface area contributed by atoms with Gasteiger partial charge in [-0.25, -0.2) is 9.97 Å². The van der Waals surface area contributed by atoms with Gasteiger partial charge in [0.1, 0.15) is 18.0 Å². The Balaban J connectivity index is 1.53. The van der Waals surface area contributed by atoms with Crippen LogP contribution in [0.4, 0.5) is 5.13 Å². The van der Waals surface area contributed by atoms with Gasteiger partial charge in [0, 0.05) is 25.4 Å². The zero-order valence-corrected chi connectivity index (χ0v) is 23.3. The predicted octanol–water partition coefficient (Wildman–Crippen LogP) is 4.20. The molecule has 1 aliphatic rings. The van der Waals surface area contributed by atoms with Crippen LogP contribution in [0.15, 0.2) is 35.1 Å². The number of ether oxygens (including phenoxy) is 1. The van der Waals surface area contributed by atoms with Crippen LogP contribution in [0, 0.1) is 0 Å². The van der Waals surface area contributed by atoms with Crippen LogP contribution in [0.1, 0.15) is 77.2 Å². The number of carbonyl (C=O) groups is 2. The van der Waals surface area contributed by atoms with E-state index in [1.54, 1.807) is 0 Å². The number of aryl methyl sites for hydroxylation is 1. The number of hydrogen-bond acceptors (Lipinski definition) is 9. The van der Waals surface area contributed by atoms with Gasteiger partial charge in [0.15, 0.2) is 21.3 Å². The maximum Gasteiger partial charge on any atom is 0.306 e. The van der Waals surface area contributed by atoms with Crippen LogP contribution in [0.25, 0.3) is 10.3 Å². The summed E-state index contributed by atoms with van der Waals surface area (Å²) in [5.41, 5.74) is 0.409. The van der Waals surface area contributed by atoms with Crippen LogP contribution in [-0.2, 0) is 27.4 Å². The van der Waals surface area contributed by atoms with Gasteiger partial charge in [-0.1, -0.05) is 41.7 Å². The van der Waals surface area contributed by atoms with E-state index in [1.807, 2.05) is 62.9 Å². The predicted molar refractivity (Wildman–Crippen MR) is 148 cm³/mol. The monoisotopic (exact) mass is 540 g/mol.